The summed E-state index contributed by atoms with van der Waals surface area (Å²) in [6.45, 7) is 0. The Bertz CT molecular complexity index is 1610. The second kappa shape index (κ2) is 8.50. The number of carbonyl (C=O) groups is 1. The van der Waals surface area contributed by atoms with Crippen molar-refractivity contribution in [2.24, 2.45) is 0 Å². The maximum Gasteiger partial charge on any atom is 0.257 e. The Morgan fingerprint density at radius 1 is 0.618 bits per heavy atom. The van der Waals surface area contributed by atoms with Gasteiger partial charge in [-0.1, -0.05) is 84.1 Å². The van der Waals surface area contributed by atoms with Crippen LogP contribution in [-0.2, 0) is 0 Å². The zero-order valence-corrected chi connectivity index (χ0v) is 18.8. The molecule has 0 fully saturated rings. The maximum absolute atomic E-state index is 13.0. The third-order valence-electron chi connectivity index (χ3n) is 5.54. The van der Waals surface area contributed by atoms with E-state index in [2.05, 4.69) is 10.3 Å². The van der Waals surface area contributed by atoms with E-state index in [0.717, 1.165) is 38.2 Å². The number of hydrogen-bond donors (Lipinski definition) is 1. The van der Waals surface area contributed by atoms with Gasteiger partial charge in [-0.2, -0.15) is 0 Å². The third-order valence-corrected chi connectivity index (χ3v) is 6.49. The number of nitrogens with one attached hydrogen (secondary N) is 1. The topological polar surface area (TPSA) is 67.8 Å². The number of aromatic nitrogens is 3. The van der Waals surface area contributed by atoms with Crippen LogP contribution >= 0.6 is 11.3 Å². The molecule has 0 aliphatic rings. The van der Waals surface area contributed by atoms with Gasteiger partial charge in [0, 0.05) is 16.7 Å². The fourth-order valence-electron chi connectivity index (χ4n) is 3.89. The monoisotopic (exact) mass is 458 g/mol. The van der Waals surface area contributed by atoms with E-state index in [0.29, 0.717) is 16.2 Å². The third kappa shape index (κ3) is 3.80. The molecule has 1 N–H and O–H groups in total. The number of benzene rings is 4. The Hall–Kier alpha value is -4.42. The van der Waals surface area contributed by atoms with Crippen LogP contribution in [0.4, 0.5) is 5.13 Å². The molecule has 4 aromatic carbocycles. The molecule has 0 saturated carbocycles. The fraction of sp³-hybridized carbons (Fsp3) is 0. The van der Waals surface area contributed by atoms with Crippen LogP contribution in [0, 0.1) is 0 Å². The second-order valence-electron chi connectivity index (χ2n) is 7.80. The highest BCUT2D eigenvalue weighted by atomic mass is 32.1. The number of para-hydroxylation sites is 1. The molecule has 0 bridgehead atoms. The van der Waals surface area contributed by atoms with E-state index >= 15 is 0 Å². The van der Waals surface area contributed by atoms with E-state index in [9.17, 15) is 4.79 Å². The van der Waals surface area contributed by atoms with Gasteiger partial charge >= 0.3 is 0 Å². The van der Waals surface area contributed by atoms with E-state index < -0.39 is 0 Å². The van der Waals surface area contributed by atoms with Crippen LogP contribution < -0.4 is 5.32 Å². The molecule has 0 spiro atoms. The van der Waals surface area contributed by atoms with Gasteiger partial charge in [0.1, 0.15) is 0 Å². The predicted molar refractivity (Wildman–Crippen MR) is 138 cm³/mol. The first-order chi connectivity index (χ1) is 16.7. The molecule has 0 radical (unpaired) electrons. The zero-order chi connectivity index (χ0) is 22.9. The normalized spacial score (nSPS) is 11.1. The van der Waals surface area contributed by atoms with Crippen molar-refractivity contribution in [3.05, 3.63) is 109 Å². The van der Waals surface area contributed by atoms with Crippen LogP contribution in [-0.4, -0.2) is 20.9 Å². The molecular formula is C28H18N4OS. The molecule has 6 rings (SSSR count). The van der Waals surface area contributed by atoms with Crippen LogP contribution in [0.3, 0.4) is 0 Å². The highest BCUT2D eigenvalue weighted by Gasteiger charge is 2.15. The molecule has 1 amide bonds. The largest absolute Gasteiger partial charge is 0.298 e. The first-order valence-electron chi connectivity index (χ1n) is 10.8. The maximum atomic E-state index is 13.0. The van der Waals surface area contributed by atoms with Gasteiger partial charge < -0.3 is 0 Å². The van der Waals surface area contributed by atoms with E-state index in [1.54, 1.807) is 12.1 Å². The molecule has 0 saturated heterocycles. The molecular weight excluding hydrogens is 440 g/mol. The lowest BCUT2D eigenvalue weighted by Crippen LogP contribution is -2.11. The van der Waals surface area contributed by atoms with Gasteiger partial charge in [-0.3, -0.25) is 10.1 Å². The highest BCUT2D eigenvalue weighted by molar-refractivity contribution is 7.22. The molecule has 2 aromatic heterocycles. The van der Waals surface area contributed by atoms with Gasteiger partial charge in [-0.05, 0) is 30.3 Å². The molecule has 0 unspecified atom stereocenters. The Labute approximate surface area is 199 Å². The summed E-state index contributed by atoms with van der Waals surface area (Å²) in [4.78, 5) is 27.4. The van der Waals surface area contributed by atoms with Crippen LogP contribution in [0.5, 0.6) is 0 Å². The summed E-state index contributed by atoms with van der Waals surface area (Å²) in [6, 6.07) is 33.2. The number of fused-ring (bicyclic) bond motifs is 2. The molecule has 2 heterocycles. The lowest BCUT2D eigenvalue weighted by atomic mass is 10.0. The molecule has 5 nitrogen and oxygen atoms in total. The predicted octanol–water partition coefficient (Wildman–Crippen LogP) is 6.83. The molecule has 0 aliphatic carbocycles. The summed E-state index contributed by atoms with van der Waals surface area (Å²) in [7, 11) is 0. The zero-order valence-electron chi connectivity index (χ0n) is 18.0. The van der Waals surface area contributed by atoms with Crippen molar-refractivity contribution in [3.8, 4) is 22.5 Å². The summed E-state index contributed by atoms with van der Waals surface area (Å²) < 4.78 is 1.03. The van der Waals surface area contributed by atoms with Gasteiger partial charge in [0.05, 0.1) is 32.6 Å². The van der Waals surface area contributed by atoms with Crippen LogP contribution in [0.2, 0.25) is 0 Å². The average molecular weight is 459 g/mol. The summed E-state index contributed by atoms with van der Waals surface area (Å²) in [5, 5.41) is 3.49. The van der Waals surface area contributed by atoms with Gasteiger partial charge in [-0.15, -0.1) is 0 Å². The van der Waals surface area contributed by atoms with Crippen molar-refractivity contribution in [2.75, 3.05) is 5.32 Å². The number of hydrogen-bond acceptors (Lipinski definition) is 5. The lowest BCUT2D eigenvalue weighted by Gasteiger charge is -2.11. The Morgan fingerprint density at radius 3 is 1.91 bits per heavy atom. The number of nitrogens with zero attached hydrogens (tertiary/aromatic N) is 3. The minimum atomic E-state index is -0.226. The molecule has 162 valence electrons. The van der Waals surface area contributed by atoms with Gasteiger partial charge in [0.2, 0.25) is 0 Å². The number of carbonyl (C=O) groups excluding carboxylic acids is 1. The number of rotatable bonds is 4. The number of amides is 1. The standard InChI is InChI=1S/C28H18N4OS/c33-27(32-28-31-22-13-7-8-14-24(22)34-28)20-15-16-21-23(17-20)30-26(19-11-5-2-6-12-19)25(29-21)18-9-3-1-4-10-18/h1-17H,(H,31,32,33). The average Bonchev–Trinajstić information content (AvgIpc) is 3.31. The minimum Gasteiger partial charge on any atom is -0.298 e. The molecule has 6 aromatic rings. The number of thiazole rings is 1. The summed E-state index contributed by atoms with van der Waals surface area (Å²) >= 11 is 1.45. The SMILES string of the molecule is O=C(Nc1nc2ccccc2s1)c1ccc2nc(-c3ccccc3)c(-c3ccccc3)nc2c1. The smallest absolute Gasteiger partial charge is 0.257 e. The Kier molecular flexibility index (Phi) is 5.05. The minimum absolute atomic E-state index is 0.226. The van der Waals surface area contributed by atoms with Crippen molar-refractivity contribution in [2.45, 2.75) is 0 Å². The first-order valence-corrected chi connectivity index (χ1v) is 11.7. The van der Waals surface area contributed by atoms with E-state index in [1.165, 1.54) is 11.3 Å². The van der Waals surface area contributed by atoms with Crippen LogP contribution in [0.25, 0.3) is 43.8 Å². The summed E-state index contributed by atoms with van der Waals surface area (Å²) in [5.74, 6) is -0.226. The van der Waals surface area contributed by atoms with Crippen molar-refractivity contribution < 1.29 is 4.79 Å². The van der Waals surface area contributed by atoms with Crippen molar-refractivity contribution >= 4 is 43.6 Å². The Morgan fingerprint density at radius 2 is 1.24 bits per heavy atom. The van der Waals surface area contributed by atoms with Gasteiger partial charge in [-0.25, -0.2) is 15.0 Å². The molecule has 0 atom stereocenters. The van der Waals surface area contributed by atoms with E-state index in [-0.39, 0.29) is 5.91 Å². The first kappa shape index (κ1) is 20.2. The lowest BCUT2D eigenvalue weighted by molar-refractivity contribution is 0.102. The second-order valence-corrected chi connectivity index (χ2v) is 8.83. The fourth-order valence-corrected chi connectivity index (χ4v) is 4.75. The van der Waals surface area contributed by atoms with Gasteiger partial charge in [0.25, 0.3) is 5.91 Å². The number of anilines is 1. The van der Waals surface area contributed by atoms with Crippen LogP contribution in [0.1, 0.15) is 10.4 Å². The summed E-state index contributed by atoms with van der Waals surface area (Å²) in [5.41, 5.74) is 6.33. The van der Waals surface area contributed by atoms with Crippen molar-refractivity contribution in [1.29, 1.82) is 0 Å². The molecule has 6 heteroatoms. The molecule has 34 heavy (non-hydrogen) atoms. The van der Waals surface area contributed by atoms with E-state index in [1.807, 2.05) is 91.0 Å². The van der Waals surface area contributed by atoms with Gasteiger partial charge in [0.15, 0.2) is 5.13 Å². The van der Waals surface area contributed by atoms with Crippen LogP contribution in [0.15, 0.2) is 103 Å². The summed E-state index contributed by atoms with van der Waals surface area (Å²) in [6.07, 6.45) is 0. The quantitative estimate of drug-likeness (QED) is 0.314. The van der Waals surface area contributed by atoms with Crippen molar-refractivity contribution in [1.82, 2.24) is 15.0 Å². The Balaban J connectivity index is 1.41. The highest BCUT2D eigenvalue weighted by Crippen LogP contribution is 2.31. The van der Waals surface area contributed by atoms with Crippen molar-refractivity contribution in [3.63, 3.8) is 0 Å². The molecule has 0 aliphatic heterocycles. The van der Waals surface area contributed by atoms with E-state index in [4.69, 9.17) is 9.97 Å².